The van der Waals surface area contributed by atoms with Gasteiger partial charge in [-0.2, -0.15) is 0 Å². The summed E-state index contributed by atoms with van der Waals surface area (Å²) in [5.41, 5.74) is 0.668. The van der Waals surface area contributed by atoms with E-state index in [1.54, 1.807) is 0 Å². The van der Waals surface area contributed by atoms with Crippen LogP contribution in [0.2, 0.25) is 0 Å². The molecule has 3 N–H and O–H groups in total. The van der Waals surface area contributed by atoms with Crippen LogP contribution in [0.4, 0.5) is 0 Å². The summed E-state index contributed by atoms with van der Waals surface area (Å²) in [5, 5.41) is 27.3. The average Bonchev–Trinajstić information content (AvgIpc) is 2.11. The van der Waals surface area contributed by atoms with Gasteiger partial charge in [0.15, 0.2) is 0 Å². The highest BCUT2D eigenvalue weighted by atomic mass is 16.3. The van der Waals surface area contributed by atoms with Crippen molar-refractivity contribution < 1.29 is 15.3 Å². The van der Waals surface area contributed by atoms with Crippen LogP contribution >= 0.6 is 0 Å². The molecule has 1 unspecified atom stereocenters. The van der Waals surface area contributed by atoms with E-state index in [2.05, 4.69) is 0 Å². The molecule has 1 rings (SSSR count). The lowest BCUT2D eigenvalue weighted by Gasteiger charge is -2.09. The first-order valence-electron chi connectivity index (χ1n) is 4.25. The van der Waals surface area contributed by atoms with E-state index in [1.165, 1.54) is 18.2 Å². The number of benzene rings is 1. The van der Waals surface area contributed by atoms with E-state index in [0.29, 0.717) is 12.0 Å². The van der Waals surface area contributed by atoms with Crippen molar-refractivity contribution in [2.24, 2.45) is 5.92 Å². The van der Waals surface area contributed by atoms with Crippen molar-refractivity contribution in [3.8, 4) is 11.5 Å². The molecule has 72 valence electrons. The maximum atomic E-state index is 9.39. The monoisotopic (exact) mass is 182 g/mol. The number of rotatable bonds is 3. The summed E-state index contributed by atoms with van der Waals surface area (Å²) in [7, 11) is 0. The van der Waals surface area contributed by atoms with Gasteiger partial charge in [-0.15, -0.1) is 0 Å². The van der Waals surface area contributed by atoms with Gasteiger partial charge in [0.25, 0.3) is 0 Å². The number of phenolic OH excluding ortho intramolecular Hbond substituents is 2. The Morgan fingerprint density at radius 2 is 2.00 bits per heavy atom. The van der Waals surface area contributed by atoms with Crippen LogP contribution in [-0.4, -0.2) is 21.9 Å². The summed E-state index contributed by atoms with van der Waals surface area (Å²) < 4.78 is 0. The van der Waals surface area contributed by atoms with Crippen LogP contribution in [0, 0.1) is 5.92 Å². The predicted molar refractivity (Wildman–Crippen MR) is 49.7 cm³/mol. The zero-order chi connectivity index (χ0) is 9.84. The molecule has 3 nitrogen and oxygen atoms in total. The van der Waals surface area contributed by atoms with Gasteiger partial charge in [-0.05, 0) is 36.1 Å². The summed E-state index contributed by atoms with van der Waals surface area (Å²) in [4.78, 5) is 0. The quantitative estimate of drug-likeness (QED) is 0.617. The first-order valence-corrected chi connectivity index (χ1v) is 4.25. The molecule has 0 aliphatic rings. The third-order valence-corrected chi connectivity index (χ3v) is 1.94. The molecule has 0 radical (unpaired) electrons. The second-order valence-electron chi connectivity index (χ2n) is 3.30. The molecule has 0 aliphatic heterocycles. The van der Waals surface area contributed by atoms with Crippen molar-refractivity contribution in [2.45, 2.75) is 13.3 Å². The molecule has 0 saturated heterocycles. The maximum absolute atomic E-state index is 9.39. The smallest absolute Gasteiger partial charge is 0.119 e. The highest BCUT2D eigenvalue weighted by Crippen LogP contribution is 2.24. The van der Waals surface area contributed by atoms with E-state index in [0.717, 1.165) is 0 Å². The van der Waals surface area contributed by atoms with Gasteiger partial charge in [0, 0.05) is 6.61 Å². The molecule has 1 aromatic carbocycles. The zero-order valence-electron chi connectivity index (χ0n) is 7.57. The van der Waals surface area contributed by atoms with Crippen LogP contribution in [0.3, 0.4) is 0 Å². The van der Waals surface area contributed by atoms with Crippen LogP contribution in [0.15, 0.2) is 18.2 Å². The third kappa shape index (κ3) is 2.63. The number of aliphatic hydroxyl groups is 1. The van der Waals surface area contributed by atoms with Gasteiger partial charge >= 0.3 is 0 Å². The van der Waals surface area contributed by atoms with Crippen LogP contribution in [-0.2, 0) is 6.42 Å². The van der Waals surface area contributed by atoms with Crippen LogP contribution in [0.1, 0.15) is 12.5 Å². The molecule has 0 spiro atoms. The summed E-state index contributed by atoms with van der Waals surface area (Å²) in [5.74, 6) is 0.392. The first-order chi connectivity index (χ1) is 6.13. The Morgan fingerprint density at radius 1 is 1.31 bits per heavy atom. The Balaban J connectivity index is 2.81. The van der Waals surface area contributed by atoms with E-state index in [9.17, 15) is 5.11 Å². The number of aromatic hydroxyl groups is 2. The van der Waals surface area contributed by atoms with Crippen molar-refractivity contribution in [1.82, 2.24) is 0 Å². The lowest BCUT2D eigenvalue weighted by atomic mass is 10.0. The average molecular weight is 182 g/mol. The van der Waals surface area contributed by atoms with Gasteiger partial charge < -0.3 is 15.3 Å². The summed E-state index contributed by atoms with van der Waals surface area (Å²) >= 11 is 0. The molecule has 0 aromatic heterocycles. The Morgan fingerprint density at radius 3 is 2.62 bits per heavy atom. The lowest BCUT2D eigenvalue weighted by molar-refractivity contribution is 0.236. The van der Waals surface area contributed by atoms with E-state index < -0.39 is 0 Å². The minimum atomic E-state index is 0.0785. The fourth-order valence-corrected chi connectivity index (χ4v) is 1.18. The zero-order valence-corrected chi connectivity index (χ0v) is 7.57. The fraction of sp³-hybridized carbons (Fsp3) is 0.400. The number of hydrogen-bond donors (Lipinski definition) is 3. The van der Waals surface area contributed by atoms with Gasteiger partial charge in [-0.25, -0.2) is 0 Å². The molecule has 1 aromatic rings. The van der Waals surface area contributed by atoms with Gasteiger partial charge in [-0.1, -0.05) is 6.92 Å². The summed E-state index contributed by atoms with van der Waals surface area (Å²) in [6.07, 6.45) is 0.566. The predicted octanol–water partition coefficient (Wildman–Crippen LogP) is 1.27. The van der Waals surface area contributed by atoms with Crippen LogP contribution in [0.25, 0.3) is 0 Å². The topological polar surface area (TPSA) is 60.7 Å². The van der Waals surface area contributed by atoms with Gasteiger partial charge in [-0.3, -0.25) is 0 Å². The van der Waals surface area contributed by atoms with Crippen LogP contribution < -0.4 is 0 Å². The Hall–Kier alpha value is -1.22. The molecular formula is C10H14O3. The summed E-state index contributed by atoms with van der Waals surface area (Å²) in [6, 6.07) is 4.40. The molecule has 0 amide bonds. The Bertz CT molecular complexity index is 283. The van der Waals surface area contributed by atoms with Crippen molar-refractivity contribution >= 4 is 0 Å². The Kier molecular flexibility index (Phi) is 3.14. The first kappa shape index (κ1) is 9.86. The van der Waals surface area contributed by atoms with Crippen molar-refractivity contribution in [1.29, 1.82) is 0 Å². The van der Waals surface area contributed by atoms with E-state index >= 15 is 0 Å². The number of hydrogen-bond acceptors (Lipinski definition) is 3. The lowest BCUT2D eigenvalue weighted by Crippen LogP contribution is -2.04. The molecule has 0 aliphatic carbocycles. The van der Waals surface area contributed by atoms with Gasteiger partial charge in [0.2, 0.25) is 0 Å². The molecule has 0 heterocycles. The normalized spacial score (nSPS) is 12.8. The third-order valence-electron chi connectivity index (χ3n) is 1.94. The second kappa shape index (κ2) is 4.14. The largest absolute Gasteiger partial charge is 0.508 e. The van der Waals surface area contributed by atoms with Crippen molar-refractivity contribution in [3.63, 3.8) is 0 Å². The Labute approximate surface area is 77.3 Å². The molecule has 3 heteroatoms. The molecule has 1 atom stereocenters. The van der Waals surface area contributed by atoms with E-state index in [4.69, 9.17) is 10.2 Å². The van der Waals surface area contributed by atoms with E-state index in [-0.39, 0.29) is 24.0 Å². The highest BCUT2D eigenvalue weighted by Gasteiger charge is 2.06. The molecule has 0 bridgehead atoms. The molecule has 0 saturated carbocycles. The highest BCUT2D eigenvalue weighted by molar-refractivity contribution is 5.38. The second-order valence-corrected chi connectivity index (χ2v) is 3.30. The van der Waals surface area contributed by atoms with Crippen molar-refractivity contribution in [3.05, 3.63) is 23.8 Å². The van der Waals surface area contributed by atoms with Gasteiger partial charge in [0.05, 0.1) is 0 Å². The number of aliphatic hydroxyl groups excluding tert-OH is 1. The molecular weight excluding hydrogens is 168 g/mol. The molecule has 13 heavy (non-hydrogen) atoms. The van der Waals surface area contributed by atoms with E-state index in [1.807, 2.05) is 6.92 Å². The van der Waals surface area contributed by atoms with Crippen LogP contribution in [0.5, 0.6) is 11.5 Å². The standard InChI is InChI=1S/C10H14O3/c1-7(6-11)4-8-5-9(12)2-3-10(8)13/h2-3,5,7,11-13H,4,6H2,1H3. The number of phenols is 2. The fourth-order valence-electron chi connectivity index (χ4n) is 1.18. The SMILES string of the molecule is CC(CO)Cc1cc(O)ccc1O. The minimum absolute atomic E-state index is 0.0785. The molecule has 0 fully saturated rings. The van der Waals surface area contributed by atoms with Crippen molar-refractivity contribution in [2.75, 3.05) is 6.61 Å². The summed E-state index contributed by atoms with van der Waals surface area (Å²) in [6.45, 7) is 1.96. The minimum Gasteiger partial charge on any atom is -0.508 e. The maximum Gasteiger partial charge on any atom is 0.119 e. The van der Waals surface area contributed by atoms with Gasteiger partial charge in [0.1, 0.15) is 11.5 Å².